The zero-order valence-corrected chi connectivity index (χ0v) is 20.9. The lowest BCUT2D eigenvalue weighted by atomic mass is 10.2. The molecule has 206 valence electrons. The lowest BCUT2D eigenvalue weighted by Gasteiger charge is -2.11. The summed E-state index contributed by atoms with van der Waals surface area (Å²) in [5.74, 6) is 0.296. The van der Waals surface area contributed by atoms with Crippen LogP contribution < -0.4 is 23.7 Å². The fourth-order valence-corrected chi connectivity index (χ4v) is 3.22. The third-order valence-corrected chi connectivity index (χ3v) is 5.50. The Morgan fingerprint density at radius 2 is 1.18 bits per heavy atom. The summed E-state index contributed by atoms with van der Waals surface area (Å²) in [7, 11) is 0. The van der Waals surface area contributed by atoms with Gasteiger partial charge in [-0.15, -0.1) is 0 Å². The lowest BCUT2D eigenvalue weighted by molar-refractivity contribution is 0.00806. The summed E-state index contributed by atoms with van der Waals surface area (Å²) in [6, 6.07) is 17.0. The molecule has 0 N–H and O–H groups in total. The number of epoxide rings is 2. The lowest BCUT2D eigenvalue weighted by Crippen LogP contribution is -2.10. The Bertz CT molecular complexity index is 1210. The molecule has 3 aromatic carbocycles. The van der Waals surface area contributed by atoms with Gasteiger partial charge in [0.15, 0.2) is 25.2 Å². The van der Waals surface area contributed by atoms with E-state index in [1.807, 2.05) is 0 Å². The van der Waals surface area contributed by atoms with E-state index in [4.69, 9.17) is 42.6 Å². The van der Waals surface area contributed by atoms with Gasteiger partial charge in [0.05, 0.1) is 32.0 Å². The van der Waals surface area contributed by atoms with E-state index in [0.717, 1.165) is 12.7 Å². The van der Waals surface area contributed by atoms with E-state index in [1.54, 1.807) is 48.5 Å². The fourth-order valence-electron chi connectivity index (χ4n) is 3.22. The van der Waals surface area contributed by atoms with Gasteiger partial charge in [0.25, 0.3) is 0 Å². The van der Waals surface area contributed by atoms with Crippen LogP contribution in [0.1, 0.15) is 10.4 Å². The second-order valence-corrected chi connectivity index (χ2v) is 8.56. The van der Waals surface area contributed by atoms with Crippen molar-refractivity contribution in [3.63, 3.8) is 0 Å². The van der Waals surface area contributed by atoms with E-state index in [2.05, 4.69) is 0 Å². The highest BCUT2D eigenvalue weighted by molar-refractivity contribution is 5.91. The van der Waals surface area contributed by atoms with Crippen LogP contribution in [0.5, 0.6) is 28.7 Å². The van der Waals surface area contributed by atoms with Gasteiger partial charge in [-0.3, -0.25) is 0 Å². The third-order valence-electron chi connectivity index (χ3n) is 5.50. The molecule has 0 saturated carbocycles. The Morgan fingerprint density at radius 3 is 1.69 bits per heavy atom. The normalized spacial score (nSPS) is 17.3. The average molecular weight is 543 g/mol. The number of hydrogen-bond donors (Lipinski definition) is 0. The van der Waals surface area contributed by atoms with Crippen LogP contribution in [-0.2, 0) is 18.9 Å². The Labute approximate surface area is 224 Å². The summed E-state index contributed by atoms with van der Waals surface area (Å²) in [4.78, 5) is 12.4. The molecule has 2 saturated heterocycles. The van der Waals surface area contributed by atoms with Crippen LogP contribution in [0, 0.1) is 5.82 Å². The number of carbonyl (C=O) groups excluding carboxylic acids is 1. The van der Waals surface area contributed by atoms with Crippen molar-refractivity contribution >= 4 is 5.97 Å². The molecule has 0 spiro atoms. The van der Waals surface area contributed by atoms with E-state index in [-0.39, 0.29) is 49.6 Å². The summed E-state index contributed by atoms with van der Waals surface area (Å²) in [6.07, 6.45) is 0.344. The number of carbonyl (C=O) groups is 1. The van der Waals surface area contributed by atoms with Crippen molar-refractivity contribution in [2.24, 2.45) is 0 Å². The minimum atomic E-state index is -0.704. The molecule has 5 rings (SSSR count). The molecule has 11 heteroatoms. The predicted molar refractivity (Wildman–Crippen MR) is 133 cm³/mol. The van der Waals surface area contributed by atoms with E-state index in [9.17, 15) is 9.18 Å². The quantitative estimate of drug-likeness (QED) is 0.0868. The molecule has 0 radical (unpaired) electrons. The topological polar surface area (TPSA) is 107 Å². The highest BCUT2D eigenvalue weighted by atomic mass is 19.1. The van der Waals surface area contributed by atoms with Gasteiger partial charge < -0.3 is 42.6 Å². The average Bonchev–Trinajstić information content (AvgIpc) is 3.88. The molecule has 2 aliphatic heterocycles. The van der Waals surface area contributed by atoms with Crippen LogP contribution in [0.4, 0.5) is 4.39 Å². The maximum absolute atomic E-state index is 14.5. The summed E-state index contributed by atoms with van der Waals surface area (Å²) in [5, 5.41) is 0. The molecule has 0 aliphatic carbocycles. The van der Waals surface area contributed by atoms with E-state index >= 15 is 0 Å². The van der Waals surface area contributed by atoms with E-state index in [1.165, 1.54) is 12.1 Å². The van der Waals surface area contributed by atoms with Crippen molar-refractivity contribution in [3.8, 4) is 28.7 Å². The first-order valence-electron chi connectivity index (χ1n) is 12.2. The number of esters is 1. The van der Waals surface area contributed by atoms with Crippen molar-refractivity contribution in [1.29, 1.82) is 0 Å². The van der Waals surface area contributed by atoms with Crippen molar-refractivity contribution in [1.82, 2.24) is 0 Å². The SMILES string of the molecule is O=C(Oc1ccc(OCOc2ccc(OCOCC3CO3)cc2)c(F)c1)c1ccc(OCOCC2CO2)cc1. The van der Waals surface area contributed by atoms with Crippen molar-refractivity contribution in [2.75, 3.05) is 46.8 Å². The van der Waals surface area contributed by atoms with E-state index < -0.39 is 11.8 Å². The fraction of sp³-hybridized carbons (Fsp3) is 0.321. The zero-order chi connectivity index (χ0) is 26.9. The summed E-state index contributed by atoms with van der Waals surface area (Å²) >= 11 is 0. The number of benzene rings is 3. The first-order chi connectivity index (χ1) is 19.1. The molecule has 2 unspecified atom stereocenters. The molecule has 10 nitrogen and oxygen atoms in total. The number of rotatable bonds is 16. The predicted octanol–water partition coefficient (Wildman–Crippen LogP) is 3.96. The van der Waals surface area contributed by atoms with Crippen molar-refractivity contribution in [2.45, 2.75) is 12.2 Å². The van der Waals surface area contributed by atoms with Crippen LogP contribution in [0.15, 0.2) is 66.7 Å². The molecule has 39 heavy (non-hydrogen) atoms. The van der Waals surface area contributed by atoms with Gasteiger partial charge >= 0.3 is 5.97 Å². The monoisotopic (exact) mass is 542 g/mol. The Hall–Kier alpha value is -3.90. The van der Waals surface area contributed by atoms with Gasteiger partial charge in [-0.2, -0.15) is 0 Å². The smallest absolute Gasteiger partial charge is 0.343 e. The second kappa shape index (κ2) is 13.3. The van der Waals surface area contributed by atoms with Gasteiger partial charge in [-0.05, 0) is 60.7 Å². The first kappa shape index (κ1) is 26.7. The van der Waals surface area contributed by atoms with Crippen LogP contribution in [0.25, 0.3) is 0 Å². The van der Waals surface area contributed by atoms with Gasteiger partial charge in [-0.1, -0.05) is 0 Å². The van der Waals surface area contributed by atoms with Gasteiger partial charge in [-0.25, -0.2) is 9.18 Å². The molecule has 0 aromatic heterocycles. The molecular weight excluding hydrogens is 515 g/mol. The Morgan fingerprint density at radius 1 is 0.692 bits per heavy atom. The zero-order valence-electron chi connectivity index (χ0n) is 20.9. The number of hydrogen-bond acceptors (Lipinski definition) is 10. The molecule has 2 atom stereocenters. The maximum atomic E-state index is 14.5. The minimum absolute atomic E-state index is 0.0333. The van der Waals surface area contributed by atoms with Crippen LogP contribution in [-0.4, -0.2) is 65.0 Å². The number of ether oxygens (including phenoxy) is 9. The summed E-state index contributed by atoms with van der Waals surface area (Å²) < 4.78 is 62.2. The third kappa shape index (κ3) is 8.82. The molecule has 2 fully saturated rings. The van der Waals surface area contributed by atoms with Crippen LogP contribution in [0.3, 0.4) is 0 Å². The molecular formula is C28H27FO10. The number of halogens is 1. The van der Waals surface area contributed by atoms with E-state index in [0.29, 0.717) is 37.1 Å². The van der Waals surface area contributed by atoms with Gasteiger partial charge in [0, 0.05) is 6.07 Å². The second-order valence-electron chi connectivity index (χ2n) is 8.56. The Balaban J connectivity index is 1.02. The summed E-state index contributed by atoms with van der Waals surface area (Å²) in [5.41, 5.74) is 0.278. The highest BCUT2D eigenvalue weighted by Gasteiger charge is 2.23. The molecule has 0 bridgehead atoms. The minimum Gasteiger partial charge on any atom is -0.468 e. The maximum Gasteiger partial charge on any atom is 0.343 e. The first-order valence-corrected chi connectivity index (χ1v) is 12.2. The molecule has 2 heterocycles. The molecule has 2 aliphatic rings. The highest BCUT2D eigenvalue weighted by Crippen LogP contribution is 2.25. The molecule has 3 aromatic rings. The standard InChI is InChI=1S/C28H27FO10/c29-26-11-23(39-28(30)19-1-3-20(4-2-19)35-16-31-12-24-14-33-24)9-10-27(26)38-18-37-22-7-5-21(6-8-22)36-17-32-13-25-15-34-25/h1-11,24-25H,12-18H2. The Kier molecular flexibility index (Phi) is 9.07. The van der Waals surface area contributed by atoms with Gasteiger partial charge in [0.2, 0.25) is 6.79 Å². The van der Waals surface area contributed by atoms with Crippen LogP contribution in [0.2, 0.25) is 0 Å². The van der Waals surface area contributed by atoms with Crippen molar-refractivity contribution < 1.29 is 51.8 Å². The van der Waals surface area contributed by atoms with Crippen molar-refractivity contribution in [3.05, 3.63) is 78.1 Å². The van der Waals surface area contributed by atoms with Gasteiger partial charge in [0.1, 0.15) is 35.2 Å². The largest absolute Gasteiger partial charge is 0.468 e. The molecule has 0 amide bonds. The summed E-state index contributed by atoms with van der Waals surface area (Å²) in [6.45, 7) is 2.42. The van der Waals surface area contributed by atoms with Crippen LogP contribution >= 0.6 is 0 Å².